The molecule has 10 heteroatoms. The fourth-order valence-electron chi connectivity index (χ4n) is 1.98. The summed E-state index contributed by atoms with van der Waals surface area (Å²) >= 11 is 0. The van der Waals surface area contributed by atoms with Crippen molar-refractivity contribution in [2.24, 2.45) is 0 Å². The highest BCUT2D eigenvalue weighted by Gasteiger charge is 2.21. The first kappa shape index (κ1) is 18.5. The molecule has 0 aliphatic rings. The summed E-state index contributed by atoms with van der Waals surface area (Å²) in [6, 6.07) is 4.35. The number of sulfonamides is 1. The molecule has 25 heavy (non-hydrogen) atoms. The minimum Gasteiger partial charge on any atom is -0.507 e. The molecule has 0 amide bonds. The van der Waals surface area contributed by atoms with Gasteiger partial charge in [0.05, 0.1) is 24.8 Å². The van der Waals surface area contributed by atoms with Crippen molar-refractivity contribution in [1.82, 2.24) is 0 Å². The fraction of sp³-hybridized carbons (Fsp3) is 0.133. The van der Waals surface area contributed by atoms with Gasteiger partial charge in [-0.1, -0.05) is 0 Å². The number of aromatic hydroxyl groups is 1. The van der Waals surface area contributed by atoms with E-state index in [1.165, 1.54) is 0 Å². The zero-order chi connectivity index (χ0) is 18.8. The summed E-state index contributed by atoms with van der Waals surface area (Å²) in [7, 11) is -2.17. The molecule has 0 saturated heterocycles. The highest BCUT2D eigenvalue weighted by atomic mass is 32.2. The number of nitrogens with one attached hydrogen (secondary N) is 1. The molecule has 0 radical (unpaired) electrons. The van der Waals surface area contributed by atoms with Crippen LogP contribution in [-0.4, -0.2) is 33.7 Å². The van der Waals surface area contributed by atoms with E-state index in [1.54, 1.807) is 0 Å². The first-order chi connectivity index (χ1) is 11.7. The highest BCUT2D eigenvalue weighted by molar-refractivity contribution is 7.92. The lowest BCUT2D eigenvalue weighted by Crippen LogP contribution is -2.14. The Hall–Kier alpha value is -2.88. The number of carbonyl (C=O) groups excluding carboxylic acids is 1. The van der Waals surface area contributed by atoms with E-state index in [9.17, 15) is 27.1 Å². The summed E-state index contributed by atoms with van der Waals surface area (Å²) in [5.41, 5.74) is -0.763. The van der Waals surface area contributed by atoms with Crippen LogP contribution in [0.3, 0.4) is 0 Å². The molecule has 0 bridgehead atoms. The Bertz CT molecular complexity index is 907. The zero-order valence-electron chi connectivity index (χ0n) is 13.0. The van der Waals surface area contributed by atoms with Gasteiger partial charge in [0, 0.05) is 12.1 Å². The van der Waals surface area contributed by atoms with E-state index in [0.717, 1.165) is 44.6 Å². The van der Waals surface area contributed by atoms with E-state index >= 15 is 0 Å². The second kappa shape index (κ2) is 6.93. The average Bonchev–Trinajstić information content (AvgIpc) is 2.53. The summed E-state index contributed by atoms with van der Waals surface area (Å²) in [6.07, 6.45) is 0. The van der Waals surface area contributed by atoms with Gasteiger partial charge >= 0.3 is 5.97 Å². The van der Waals surface area contributed by atoms with Gasteiger partial charge < -0.3 is 14.6 Å². The largest absolute Gasteiger partial charge is 0.507 e. The van der Waals surface area contributed by atoms with Crippen LogP contribution in [0, 0.1) is 11.6 Å². The number of phenols is 1. The van der Waals surface area contributed by atoms with E-state index in [-0.39, 0.29) is 11.3 Å². The van der Waals surface area contributed by atoms with E-state index < -0.39 is 44.0 Å². The van der Waals surface area contributed by atoms with Crippen molar-refractivity contribution in [3.63, 3.8) is 0 Å². The van der Waals surface area contributed by atoms with Crippen LogP contribution in [0.1, 0.15) is 10.4 Å². The topological polar surface area (TPSA) is 102 Å². The second-order valence-corrected chi connectivity index (χ2v) is 6.43. The van der Waals surface area contributed by atoms with Crippen molar-refractivity contribution in [1.29, 1.82) is 0 Å². The number of methoxy groups -OCH3 is 2. The SMILES string of the molecule is COC(=O)c1cc(S(=O)(=O)Nc2cc(F)c(OC)c(F)c2)ccc1O. The van der Waals surface area contributed by atoms with E-state index in [4.69, 9.17) is 0 Å². The lowest BCUT2D eigenvalue weighted by atomic mass is 10.2. The van der Waals surface area contributed by atoms with E-state index in [2.05, 4.69) is 9.47 Å². The van der Waals surface area contributed by atoms with Crippen molar-refractivity contribution in [3.8, 4) is 11.5 Å². The van der Waals surface area contributed by atoms with Crippen LogP contribution in [0.5, 0.6) is 11.5 Å². The number of hydrogen-bond donors (Lipinski definition) is 2. The normalized spacial score (nSPS) is 11.0. The zero-order valence-corrected chi connectivity index (χ0v) is 13.9. The monoisotopic (exact) mass is 373 g/mol. The van der Waals surface area contributed by atoms with Crippen LogP contribution < -0.4 is 9.46 Å². The Kier molecular flexibility index (Phi) is 5.12. The maximum atomic E-state index is 13.7. The summed E-state index contributed by atoms with van der Waals surface area (Å²) < 4.78 is 62.9. The van der Waals surface area contributed by atoms with Crippen LogP contribution in [0.15, 0.2) is 35.2 Å². The molecule has 0 spiro atoms. The fourth-order valence-corrected chi connectivity index (χ4v) is 3.05. The third kappa shape index (κ3) is 3.79. The molecule has 0 fully saturated rings. The van der Waals surface area contributed by atoms with Gasteiger partial charge in [-0.3, -0.25) is 4.72 Å². The molecule has 0 atom stereocenters. The van der Waals surface area contributed by atoms with Gasteiger partial charge in [0.15, 0.2) is 17.4 Å². The molecule has 2 rings (SSSR count). The van der Waals surface area contributed by atoms with Crippen LogP contribution in [0.25, 0.3) is 0 Å². The standard InChI is InChI=1S/C15H13F2NO6S/c1-23-14-11(16)5-8(6-12(14)17)18-25(21,22)9-3-4-13(19)10(7-9)15(20)24-2/h3-7,18-19H,1-2H3. The molecule has 0 unspecified atom stereocenters. The second-order valence-electron chi connectivity index (χ2n) is 4.75. The highest BCUT2D eigenvalue weighted by Crippen LogP contribution is 2.28. The van der Waals surface area contributed by atoms with Gasteiger partial charge in [0.25, 0.3) is 10.0 Å². The number of benzene rings is 2. The van der Waals surface area contributed by atoms with Crippen molar-refractivity contribution in [2.45, 2.75) is 4.90 Å². The van der Waals surface area contributed by atoms with Gasteiger partial charge in [-0.05, 0) is 18.2 Å². The molecule has 0 aromatic heterocycles. The Balaban J connectivity index is 2.42. The molecule has 2 aromatic carbocycles. The number of phenolic OH excluding ortho intramolecular Hbond substituents is 1. The molecule has 134 valence electrons. The summed E-state index contributed by atoms with van der Waals surface area (Å²) in [6.45, 7) is 0. The number of halogens is 2. The predicted octanol–water partition coefficient (Wildman–Crippen LogP) is 2.27. The molecule has 0 aliphatic heterocycles. The number of esters is 1. The van der Waals surface area contributed by atoms with E-state index in [1.807, 2.05) is 4.72 Å². The summed E-state index contributed by atoms with van der Waals surface area (Å²) in [4.78, 5) is 11.1. The number of ether oxygens (including phenoxy) is 2. The Morgan fingerprint density at radius 1 is 1.12 bits per heavy atom. The first-order valence-electron chi connectivity index (χ1n) is 6.66. The summed E-state index contributed by atoms with van der Waals surface area (Å²) in [5, 5.41) is 9.59. The van der Waals surface area contributed by atoms with Crippen LogP contribution in [0.2, 0.25) is 0 Å². The average molecular weight is 373 g/mol. The van der Waals surface area contributed by atoms with Gasteiger partial charge in [0.2, 0.25) is 0 Å². The van der Waals surface area contributed by atoms with Gasteiger partial charge in [-0.2, -0.15) is 0 Å². The van der Waals surface area contributed by atoms with Crippen molar-refractivity contribution in [3.05, 3.63) is 47.5 Å². The third-order valence-electron chi connectivity index (χ3n) is 3.14. The molecule has 0 heterocycles. The van der Waals surface area contributed by atoms with Gasteiger partial charge in [-0.15, -0.1) is 0 Å². The smallest absolute Gasteiger partial charge is 0.341 e. The molecular weight excluding hydrogens is 360 g/mol. The Morgan fingerprint density at radius 3 is 2.24 bits per heavy atom. The molecule has 0 aliphatic carbocycles. The third-order valence-corrected chi connectivity index (χ3v) is 4.52. The maximum Gasteiger partial charge on any atom is 0.341 e. The number of carbonyl (C=O) groups is 1. The molecule has 2 aromatic rings. The Morgan fingerprint density at radius 2 is 1.72 bits per heavy atom. The number of hydrogen-bond acceptors (Lipinski definition) is 6. The molecule has 2 N–H and O–H groups in total. The molecule has 7 nitrogen and oxygen atoms in total. The maximum absolute atomic E-state index is 13.7. The van der Waals surface area contributed by atoms with Crippen molar-refractivity contribution >= 4 is 21.7 Å². The van der Waals surface area contributed by atoms with Gasteiger partial charge in [-0.25, -0.2) is 22.0 Å². The van der Waals surface area contributed by atoms with Crippen LogP contribution in [0.4, 0.5) is 14.5 Å². The van der Waals surface area contributed by atoms with Gasteiger partial charge in [0.1, 0.15) is 11.3 Å². The van der Waals surface area contributed by atoms with Crippen LogP contribution in [-0.2, 0) is 14.8 Å². The van der Waals surface area contributed by atoms with E-state index in [0.29, 0.717) is 0 Å². The quantitative estimate of drug-likeness (QED) is 0.780. The summed E-state index contributed by atoms with van der Waals surface area (Å²) in [5.74, 6) is -4.27. The number of anilines is 1. The molecular formula is C15H13F2NO6S. The lowest BCUT2D eigenvalue weighted by Gasteiger charge is -2.11. The minimum atomic E-state index is -4.29. The lowest BCUT2D eigenvalue weighted by molar-refractivity contribution is 0.0597. The minimum absolute atomic E-state index is 0.377. The molecule has 0 saturated carbocycles. The van der Waals surface area contributed by atoms with Crippen LogP contribution >= 0.6 is 0 Å². The first-order valence-corrected chi connectivity index (χ1v) is 8.15. The van der Waals surface area contributed by atoms with Crippen molar-refractivity contribution < 1.29 is 36.6 Å². The Labute approximate surface area is 141 Å². The number of rotatable bonds is 5. The van der Waals surface area contributed by atoms with Crippen molar-refractivity contribution in [2.75, 3.05) is 18.9 Å². The predicted molar refractivity (Wildman–Crippen MR) is 83.2 cm³/mol.